The lowest BCUT2D eigenvalue weighted by atomic mass is 10.1. The second-order valence-electron chi connectivity index (χ2n) is 4.75. The predicted octanol–water partition coefficient (Wildman–Crippen LogP) is 0.158. The first-order valence-electron chi connectivity index (χ1n) is 6.90. The second-order valence-corrected chi connectivity index (χ2v) is 4.75. The van der Waals surface area contributed by atoms with Crippen LogP contribution < -0.4 is 10.6 Å². The SMILES string of the molecule is O=C(CNCCCn1cccn1)NC1CCOCC1. The third-order valence-electron chi connectivity index (χ3n) is 3.17. The molecule has 6 heteroatoms. The quantitative estimate of drug-likeness (QED) is 0.690. The van der Waals surface area contributed by atoms with Crippen molar-refractivity contribution < 1.29 is 9.53 Å². The molecule has 2 heterocycles. The van der Waals surface area contributed by atoms with E-state index in [0.717, 1.165) is 45.6 Å². The number of ether oxygens (including phenoxy) is 1. The van der Waals surface area contributed by atoms with Crippen molar-refractivity contribution in [1.82, 2.24) is 20.4 Å². The molecular formula is C13H22N4O2. The molecule has 0 atom stereocenters. The van der Waals surface area contributed by atoms with Crippen LogP contribution in [0.15, 0.2) is 18.5 Å². The number of amides is 1. The maximum Gasteiger partial charge on any atom is 0.234 e. The lowest BCUT2D eigenvalue weighted by Gasteiger charge is -2.23. The first-order valence-corrected chi connectivity index (χ1v) is 6.90. The Labute approximate surface area is 113 Å². The molecule has 0 radical (unpaired) electrons. The third-order valence-corrected chi connectivity index (χ3v) is 3.17. The summed E-state index contributed by atoms with van der Waals surface area (Å²) in [7, 11) is 0. The van der Waals surface area contributed by atoms with Crippen LogP contribution in [0.3, 0.4) is 0 Å². The minimum absolute atomic E-state index is 0.0750. The van der Waals surface area contributed by atoms with Crippen LogP contribution in [0.25, 0.3) is 0 Å². The van der Waals surface area contributed by atoms with E-state index in [9.17, 15) is 4.79 Å². The van der Waals surface area contributed by atoms with Crippen LogP contribution in [-0.2, 0) is 16.1 Å². The van der Waals surface area contributed by atoms with E-state index in [1.54, 1.807) is 6.20 Å². The zero-order valence-electron chi connectivity index (χ0n) is 11.2. The van der Waals surface area contributed by atoms with E-state index in [4.69, 9.17) is 4.74 Å². The van der Waals surface area contributed by atoms with Gasteiger partial charge in [0, 0.05) is 38.2 Å². The summed E-state index contributed by atoms with van der Waals surface area (Å²) in [6.07, 6.45) is 6.52. The van der Waals surface area contributed by atoms with E-state index >= 15 is 0 Å². The standard InChI is InChI=1S/C13H22N4O2/c18-13(16-12-3-9-19-10-4-12)11-14-5-1-7-17-8-2-6-15-17/h2,6,8,12,14H,1,3-5,7,9-11H2,(H,16,18). The highest BCUT2D eigenvalue weighted by molar-refractivity contribution is 5.78. The second kappa shape index (κ2) is 7.91. The van der Waals surface area contributed by atoms with Crippen LogP contribution in [0.2, 0.25) is 0 Å². The molecule has 106 valence electrons. The topological polar surface area (TPSA) is 68.2 Å². The van der Waals surface area contributed by atoms with Crippen molar-refractivity contribution in [2.45, 2.75) is 31.8 Å². The Morgan fingerprint density at radius 1 is 1.42 bits per heavy atom. The molecule has 19 heavy (non-hydrogen) atoms. The van der Waals surface area contributed by atoms with Gasteiger partial charge in [-0.25, -0.2) is 0 Å². The van der Waals surface area contributed by atoms with Crippen LogP contribution in [0.1, 0.15) is 19.3 Å². The predicted molar refractivity (Wildman–Crippen MR) is 71.7 cm³/mol. The fraction of sp³-hybridized carbons (Fsp3) is 0.692. The van der Waals surface area contributed by atoms with E-state index in [0.29, 0.717) is 6.54 Å². The van der Waals surface area contributed by atoms with Gasteiger partial charge >= 0.3 is 0 Å². The largest absolute Gasteiger partial charge is 0.381 e. The van der Waals surface area contributed by atoms with Gasteiger partial charge in [0.2, 0.25) is 5.91 Å². The van der Waals surface area contributed by atoms with Gasteiger partial charge in [-0.15, -0.1) is 0 Å². The zero-order chi connectivity index (χ0) is 13.3. The molecule has 0 bridgehead atoms. The summed E-state index contributed by atoms with van der Waals surface area (Å²) >= 11 is 0. The molecule has 1 aromatic heterocycles. The van der Waals surface area contributed by atoms with Crippen molar-refractivity contribution in [2.75, 3.05) is 26.3 Å². The smallest absolute Gasteiger partial charge is 0.234 e. The monoisotopic (exact) mass is 266 g/mol. The van der Waals surface area contributed by atoms with Gasteiger partial charge in [-0.3, -0.25) is 9.48 Å². The Hall–Kier alpha value is -1.40. The number of nitrogens with zero attached hydrogens (tertiary/aromatic N) is 2. The molecule has 0 aliphatic carbocycles. The lowest BCUT2D eigenvalue weighted by Crippen LogP contribution is -2.43. The van der Waals surface area contributed by atoms with E-state index in [1.165, 1.54) is 0 Å². The summed E-state index contributed by atoms with van der Waals surface area (Å²) in [6, 6.07) is 2.20. The first-order chi connectivity index (χ1) is 9.34. The minimum Gasteiger partial charge on any atom is -0.381 e. The van der Waals surface area contributed by atoms with E-state index < -0.39 is 0 Å². The Balaban J connectivity index is 1.49. The number of aryl methyl sites for hydroxylation is 1. The Morgan fingerprint density at radius 3 is 3.00 bits per heavy atom. The number of hydrogen-bond acceptors (Lipinski definition) is 4. The highest BCUT2D eigenvalue weighted by Gasteiger charge is 2.15. The van der Waals surface area contributed by atoms with Crippen molar-refractivity contribution in [3.8, 4) is 0 Å². The average Bonchev–Trinajstić information content (AvgIpc) is 2.92. The van der Waals surface area contributed by atoms with Gasteiger partial charge in [0.25, 0.3) is 0 Å². The number of nitrogens with one attached hydrogen (secondary N) is 2. The Kier molecular flexibility index (Phi) is 5.84. The number of hydrogen-bond donors (Lipinski definition) is 2. The number of carbonyl (C=O) groups excluding carboxylic acids is 1. The van der Waals surface area contributed by atoms with Crippen molar-refractivity contribution in [1.29, 1.82) is 0 Å². The third kappa shape index (κ3) is 5.40. The molecule has 2 rings (SSSR count). The summed E-state index contributed by atoms with van der Waals surface area (Å²) in [5, 5.41) is 10.3. The maximum absolute atomic E-state index is 11.7. The summed E-state index contributed by atoms with van der Waals surface area (Å²) in [6.45, 7) is 3.59. The van der Waals surface area contributed by atoms with E-state index in [-0.39, 0.29) is 11.9 Å². The molecule has 0 aromatic carbocycles. The maximum atomic E-state index is 11.7. The fourth-order valence-corrected chi connectivity index (χ4v) is 2.12. The summed E-state index contributed by atoms with van der Waals surface area (Å²) in [5.41, 5.74) is 0. The molecule has 1 aliphatic rings. The summed E-state index contributed by atoms with van der Waals surface area (Å²) < 4.78 is 7.15. The lowest BCUT2D eigenvalue weighted by molar-refractivity contribution is -0.121. The average molecular weight is 266 g/mol. The zero-order valence-corrected chi connectivity index (χ0v) is 11.2. The highest BCUT2D eigenvalue weighted by Crippen LogP contribution is 2.05. The van der Waals surface area contributed by atoms with Gasteiger partial charge in [0.05, 0.1) is 6.54 Å². The van der Waals surface area contributed by atoms with Gasteiger partial charge < -0.3 is 15.4 Å². The van der Waals surface area contributed by atoms with Gasteiger partial charge in [-0.05, 0) is 31.9 Å². The van der Waals surface area contributed by atoms with Crippen LogP contribution in [0, 0.1) is 0 Å². The molecule has 0 spiro atoms. The van der Waals surface area contributed by atoms with Crippen molar-refractivity contribution in [3.63, 3.8) is 0 Å². The van der Waals surface area contributed by atoms with E-state index in [1.807, 2.05) is 16.9 Å². The Bertz CT molecular complexity index is 361. The normalized spacial score (nSPS) is 16.4. The van der Waals surface area contributed by atoms with E-state index in [2.05, 4.69) is 15.7 Å². The van der Waals surface area contributed by atoms with Crippen LogP contribution in [-0.4, -0.2) is 48.0 Å². The highest BCUT2D eigenvalue weighted by atomic mass is 16.5. The van der Waals surface area contributed by atoms with Crippen LogP contribution >= 0.6 is 0 Å². The first kappa shape index (κ1) is 14.0. The summed E-state index contributed by atoms with van der Waals surface area (Å²) in [5.74, 6) is 0.0750. The molecule has 2 N–H and O–H groups in total. The molecule has 1 fully saturated rings. The van der Waals surface area contributed by atoms with Crippen LogP contribution in [0.5, 0.6) is 0 Å². The van der Waals surface area contributed by atoms with Crippen LogP contribution in [0.4, 0.5) is 0 Å². The molecule has 1 saturated heterocycles. The van der Waals surface area contributed by atoms with Gasteiger partial charge in [-0.1, -0.05) is 0 Å². The molecule has 6 nitrogen and oxygen atoms in total. The number of carbonyl (C=O) groups is 1. The molecule has 0 unspecified atom stereocenters. The van der Waals surface area contributed by atoms with Crippen molar-refractivity contribution >= 4 is 5.91 Å². The van der Waals surface area contributed by atoms with Crippen molar-refractivity contribution in [2.24, 2.45) is 0 Å². The fourth-order valence-electron chi connectivity index (χ4n) is 2.12. The van der Waals surface area contributed by atoms with Gasteiger partial charge in [-0.2, -0.15) is 5.10 Å². The molecular weight excluding hydrogens is 244 g/mol. The number of aromatic nitrogens is 2. The minimum atomic E-state index is 0.0750. The molecule has 1 amide bonds. The Morgan fingerprint density at radius 2 is 2.26 bits per heavy atom. The molecule has 0 saturated carbocycles. The molecule has 1 aliphatic heterocycles. The molecule has 1 aromatic rings. The van der Waals surface area contributed by atoms with Crippen molar-refractivity contribution in [3.05, 3.63) is 18.5 Å². The van der Waals surface area contributed by atoms with Gasteiger partial charge in [0.1, 0.15) is 0 Å². The van der Waals surface area contributed by atoms with Gasteiger partial charge in [0.15, 0.2) is 0 Å². The summed E-state index contributed by atoms with van der Waals surface area (Å²) in [4.78, 5) is 11.7. The number of rotatable bonds is 7.